The minimum absolute atomic E-state index is 0.637. The van der Waals surface area contributed by atoms with E-state index in [1.165, 1.54) is 5.56 Å². The van der Waals surface area contributed by atoms with Crippen molar-refractivity contribution in [3.8, 4) is 6.07 Å². The first-order chi connectivity index (χ1) is 16.7. The molecule has 0 saturated carbocycles. The molecule has 2 saturated heterocycles. The van der Waals surface area contributed by atoms with E-state index < -0.39 is 0 Å². The quantitative estimate of drug-likeness (QED) is 0.502. The van der Waals surface area contributed by atoms with Crippen molar-refractivity contribution >= 4 is 24.0 Å². The number of nitrogens with zero attached hydrogens (tertiary/aromatic N) is 8. The molecule has 9 nitrogen and oxygen atoms in total. The van der Waals surface area contributed by atoms with Gasteiger partial charge < -0.3 is 14.5 Å². The van der Waals surface area contributed by atoms with Gasteiger partial charge in [-0.15, -0.1) is 5.10 Å². The average molecular weight is 477 g/mol. The van der Waals surface area contributed by atoms with Crippen LogP contribution in [0.5, 0.6) is 0 Å². The molecule has 5 rings (SSSR count). The van der Waals surface area contributed by atoms with Gasteiger partial charge in [-0.2, -0.15) is 5.26 Å². The Morgan fingerprint density at radius 2 is 1.74 bits per heavy atom. The van der Waals surface area contributed by atoms with Crippen LogP contribution >= 0.6 is 12.2 Å². The van der Waals surface area contributed by atoms with Gasteiger partial charge >= 0.3 is 0 Å². The van der Waals surface area contributed by atoms with Crippen LogP contribution in [-0.2, 0) is 18.0 Å². The summed E-state index contributed by atoms with van der Waals surface area (Å²) in [6.45, 7) is 7.81. The minimum atomic E-state index is 0.637. The van der Waals surface area contributed by atoms with E-state index in [0.29, 0.717) is 32.0 Å². The van der Waals surface area contributed by atoms with Gasteiger partial charge in [0.15, 0.2) is 0 Å². The summed E-state index contributed by atoms with van der Waals surface area (Å²) < 4.78 is 10.4. The standard InChI is InChI=1S/C24H28N8OS/c25-17-21-6-7-26-22(16-21)29-10-8-28(9-11-29)19-32-24(34)31(18-20-4-2-1-3-5-20)23(27-32)30-12-14-33-15-13-30/h1-7,16H,8-15,18-19H2. The van der Waals surface area contributed by atoms with Crippen LogP contribution in [0, 0.1) is 16.1 Å². The summed E-state index contributed by atoms with van der Waals surface area (Å²) in [6.07, 6.45) is 1.70. The summed E-state index contributed by atoms with van der Waals surface area (Å²) in [5.74, 6) is 1.77. The third-order valence-corrected chi connectivity index (χ3v) is 6.72. The normalized spacial score (nSPS) is 17.0. The van der Waals surface area contributed by atoms with Gasteiger partial charge in [-0.05, 0) is 29.9 Å². The summed E-state index contributed by atoms with van der Waals surface area (Å²) in [6, 6.07) is 16.2. The summed E-state index contributed by atoms with van der Waals surface area (Å²) >= 11 is 5.90. The van der Waals surface area contributed by atoms with Gasteiger partial charge in [-0.1, -0.05) is 30.3 Å². The van der Waals surface area contributed by atoms with Crippen molar-refractivity contribution in [2.24, 2.45) is 0 Å². The number of hydrogen-bond acceptors (Lipinski definition) is 8. The van der Waals surface area contributed by atoms with E-state index in [2.05, 4.69) is 54.6 Å². The number of ether oxygens (including phenoxy) is 1. The fraction of sp³-hybridized carbons (Fsp3) is 0.417. The fourth-order valence-electron chi connectivity index (χ4n) is 4.39. The van der Waals surface area contributed by atoms with Crippen molar-refractivity contribution in [1.82, 2.24) is 24.2 Å². The molecule has 0 amide bonds. The van der Waals surface area contributed by atoms with Crippen LogP contribution in [-0.4, -0.2) is 76.7 Å². The van der Waals surface area contributed by atoms with Crippen molar-refractivity contribution in [2.45, 2.75) is 13.2 Å². The van der Waals surface area contributed by atoms with Crippen LogP contribution in [0.4, 0.5) is 11.8 Å². The van der Waals surface area contributed by atoms with Gasteiger partial charge in [0.25, 0.3) is 0 Å². The van der Waals surface area contributed by atoms with E-state index in [1.54, 1.807) is 12.3 Å². The minimum Gasteiger partial charge on any atom is -0.378 e. The van der Waals surface area contributed by atoms with Gasteiger partial charge in [0.2, 0.25) is 10.7 Å². The largest absolute Gasteiger partial charge is 0.378 e. The SMILES string of the molecule is N#Cc1ccnc(N2CCN(Cn3nc(N4CCOCC4)n(Cc4ccccc4)c3=S)CC2)c1. The number of morpholine rings is 1. The van der Waals surface area contributed by atoms with Crippen LogP contribution in [0.15, 0.2) is 48.7 Å². The molecule has 0 radical (unpaired) electrons. The monoisotopic (exact) mass is 476 g/mol. The molecule has 0 aliphatic carbocycles. The first-order valence-corrected chi connectivity index (χ1v) is 12.0. The molecule has 2 aromatic heterocycles. The lowest BCUT2D eigenvalue weighted by atomic mass is 10.2. The Labute approximate surface area is 204 Å². The summed E-state index contributed by atoms with van der Waals surface area (Å²) in [7, 11) is 0. The van der Waals surface area contributed by atoms with Crippen LogP contribution in [0.3, 0.4) is 0 Å². The van der Waals surface area contributed by atoms with E-state index in [-0.39, 0.29) is 0 Å². The number of rotatable bonds is 6. The lowest BCUT2D eigenvalue weighted by Gasteiger charge is -2.35. The molecule has 2 aliphatic rings. The maximum absolute atomic E-state index is 9.17. The molecule has 2 aliphatic heterocycles. The molecule has 0 atom stereocenters. The highest BCUT2D eigenvalue weighted by atomic mass is 32.1. The number of hydrogen-bond donors (Lipinski definition) is 0. The number of nitriles is 1. The lowest BCUT2D eigenvalue weighted by molar-refractivity contribution is 0.121. The van der Waals surface area contributed by atoms with Gasteiger partial charge in [0.1, 0.15) is 5.82 Å². The van der Waals surface area contributed by atoms with E-state index in [9.17, 15) is 0 Å². The average Bonchev–Trinajstić information content (AvgIpc) is 3.20. The lowest BCUT2D eigenvalue weighted by Crippen LogP contribution is -2.47. The number of piperazine rings is 1. The topological polar surface area (TPSA) is 78.4 Å². The Balaban J connectivity index is 1.31. The number of anilines is 2. The molecule has 0 spiro atoms. The molecule has 0 bridgehead atoms. The predicted octanol–water partition coefficient (Wildman–Crippen LogP) is 2.35. The van der Waals surface area contributed by atoms with Gasteiger partial charge in [0, 0.05) is 45.5 Å². The molecule has 34 heavy (non-hydrogen) atoms. The number of pyridine rings is 1. The zero-order valence-electron chi connectivity index (χ0n) is 19.1. The van der Waals surface area contributed by atoms with Gasteiger partial charge in [0.05, 0.1) is 38.1 Å². The third kappa shape index (κ3) is 4.97. The number of aromatic nitrogens is 4. The first-order valence-electron chi connectivity index (χ1n) is 11.6. The molecule has 10 heteroatoms. The highest BCUT2D eigenvalue weighted by Gasteiger charge is 2.23. The smallest absolute Gasteiger partial charge is 0.226 e. The summed E-state index contributed by atoms with van der Waals surface area (Å²) in [4.78, 5) is 11.3. The van der Waals surface area contributed by atoms with Gasteiger partial charge in [-0.3, -0.25) is 9.47 Å². The Bertz CT molecular complexity index is 1200. The second kappa shape index (κ2) is 10.3. The maximum Gasteiger partial charge on any atom is 0.226 e. The molecule has 2 fully saturated rings. The molecule has 176 valence electrons. The second-order valence-corrected chi connectivity index (χ2v) is 8.88. The van der Waals surface area contributed by atoms with E-state index in [4.69, 9.17) is 27.3 Å². The molecule has 0 N–H and O–H groups in total. The van der Waals surface area contributed by atoms with Crippen LogP contribution in [0.25, 0.3) is 0 Å². The molecular weight excluding hydrogens is 448 g/mol. The zero-order valence-corrected chi connectivity index (χ0v) is 19.9. The van der Waals surface area contributed by atoms with Crippen LogP contribution < -0.4 is 9.80 Å². The second-order valence-electron chi connectivity index (χ2n) is 8.51. The Morgan fingerprint density at radius 1 is 0.971 bits per heavy atom. The highest BCUT2D eigenvalue weighted by Crippen LogP contribution is 2.19. The molecular formula is C24H28N8OS. The third-order valence-electron chi connectivity index (χ3n) is 6.29. The zero-order chi connectivity index (χ0) is 23.3. The Hall–Kier alpha value is -3.26. The highest BCUT2D eigenvalue weighted by molar-refractivity contribution is 7.71. The van der Waals surface area contributed by atoms with E-state index in [1.807, 2.05) is 16.8 Å². The van der Waals surface area contributed by atoms with Crippen molar-refractivity contribution in [1.29, 1.82) is 5.26 Å². The molecule has 0 unspecified atom stereocenters. The van der Waals surface area contributed by atoms with Crippen molar-refractivity contribution in [2.75, 3.05) is 62.3 Å². The molecule has 3 aromatic rings. The van der Waals surface area contributed by atoms with Gasteiger partial charge in [-0.25, -0.2) is 9.67 Å². The summed E-state index contributed by atoms with van der Waals surface area (Å²) in [5, 5.41) is 14.1. The van der Waals surface area contributed by atoms with Crippen molar-refractivity contribution in [3.63, 3.8) is 0 Å². The fourth-order valence-corrected chi connectivity index (χ4v) is 4.64. The first kappa shape index (κ1) is 22.5. The Morgan fingerprint density at radius 3 is 2.47 bits per heavy atom. The van der Waals surface area contributed by atoms with Crippen LogP contribution in [0.1, 0.15) is 11.1 Å². The maximum atomic E-state index is 9.17. The predicted molar refractivity (Wildman–Crippen MR) is 132 cm³/mol. The van der Waals surface area contributed by atoms with Crippen molar-refractivity contribution < 1.29 is 4.74 Å². The molecule has 4 heterocycles. The van der Waals surface area contributed by atoms with Crippen molar-refractivity contribution in [3.05, 3.63) is 64.6 Å². The Kier molecular flexibility index (Phi) is 6.85. The number of benzene rings is 1. The van der Waals surface area contributed by atoms with Crippen LogP contribution in [0.2, 0.25) is 0 Å². The van der Waals surface area contributed by atoms with E-state index in [0.717, 1.165) is 55.8 Å². The summed E-state index contributed by atoms with van der Waals surface area (Å²) in [5.41, 5.74) is 1.84. The molecule has 1 aromatic carbocycles. The van der Waals surface area contributed by atoms with E-state index >= 15 is 0 Å².